The van der Waals surface area contributed by atoms with Gasteiger partial charge in [0.15, 0.2) is 5.96 Å². The van der Waals surface area contributed by atoms with E-state index in [-0.39, 0.29) is 36.1 Å². The Kier molecular flexibility index (Phi) is 5.79. The van der Waals surface area contributed by atoms with Crippen molar-refractivity contribution in [1.29, 1.82) is 0 Å². The lowest BCUT2D eigenvalue weighted by molar-refractivity contribution is -0.138. The third-order valence-corrected chi connectivity index (χ3v) is 4.91. The van der Waals surface area contributed by atoms with Gasteiger partial charge < -0.3 is 20.1 Å². The van der Waals surface area contributed by atoms with Crippen LogP contribution in [-0.4, -0.2) is 36.9 Å². The molecule has 3 rings (SSSR count). The van der Waals surface area contributed by atoms with Crippen molar-refractivity contribution >= 4 is 5.96 Å². The number of nitrogens with one attached hydrogen (secondary N) is 2. The number of nitrogens with zero attached hydrogens (tertiary/aromatic N) is 1. The zero-order chi connectivity index (χ0) is 20.5. The lowest BCUT2D eigenvalue weighted by atomic mass is 9.96. The Hall–Kier alpha value is -1.96. The molecule has 2 aliphatic heterocycles. The quantitative estimate of drug-likeness (QED) is 0.596. The topological polar surface area (TPSA) is 54.9 Å². The second-order valence-corrected chi connectivity index (χ2v) is 8.32. The first kappa shape index (κ1) is 20.8. The summed E-state index contributed by atoms with van der Waals surface area (Å²) in [6.07, 6.45) is -1.04. The number of benzene rings is 1. The van der Waals surface area contributed by atoms with Gasteiger partial charge in [0.2, 0.25) is 0 Å². The van der Waals surface area contributed by atoms with Crippen LogP contribution in [0.2, 0.25) is 0 Å². The van der Waals surface area contributed by atoms with Crippen molar-refractivity contribution in [1.82, 2.24) is 10.6 Å². The summed E-state index contributed by atoms with van der Waals surface area (Å²) in [5.74, 6) is 0.675. The van der Waals surface area contributed by atoms with E-state index >= 15 is 0 Å². The molecule has 2 aliphatic rings. The standard InChI is InChI=1S/C20H28F3N3O2/c1-19(2,3)28-14-6-5-12(15(9-14)20(21,22)23)11-25-18(24-4)26-16-10-13-7-8-17(16)27-13/h5-6,9,13,16-17H,7-8,10-11H2,1-4H3,(H2,24,25,26). The molecule has 1 aromatic carbocycles. The molecule has 2 N–H and O–H groups in total. The number of guanidine groups is 1. The zero-order valence-electron chi connectivity index (χ0n) is 16.7. The molecule has 0 amide bonds. The van der Waals surface area contributed by atoms with E-state index < -0.39 is 17.3 Å². The van der Waals surface area contributed by atoms with Gasteiger partial charge in [-0.25, -0.2) is 0 Å². The molecular weight excluding hydrogens is 371 g/mol. The zero-order valence-corrected chi connectivity index (χ0v) is 16.7. The highest BCUT2D eigenvalue weighted by atomic mass is 19.4. The van der Waals surface area contributed by atoms with Crippen molar-refractivity contribution < 1.29 is 22.6 Å². The van der Waals surface area contributed by atoms with Crippen LogP contribution >= 0.6 is 0 Å². The number of rotatable bonds is 4. The smallest absolute Gasteiger partial charge is 0.416 e. The Balaban J connectivity index is 1.68. The van der Waals surface area contributed by atoms with Crippen molar-refractivity contribution in [3.8, 4) is 5.75 Å². The molecule has 2 bridgehead atoms. The van der Waals surface area contributed by atoms with E-state index in [2.05, 4.69) is 15.6 Å². The average molecular weight is 399 g/mol. The molecule has 2 saturated heterocycles. The summed E-state index contributed by atoms with van der Waals surface area (Å²) in [4.78, 5) is 4.14. The Morgan fingerprint density at radius 1 is 1.25 bits per heavy atom. The summed E-state index contributed by atoms with van der Waals surface area (Å²) in [5.41, 5.74) is -1.14. The molecule has 0 aliphatic carbocycles. The molecule has 28 heavy (non-hydrogen) atoms. The first-order valence-corrected chi connectivity index (χ1v) is 9.57. The fraction of sp³-hybridized carbons (Fsp3) is 0.650. The van der Waals surface area contributed by atoms with Crippen LogP contribution in [0.1, 0.15) is 51.2 Å². The number of halogens is 3. The van der Waals surface area contributed by atoms with Gasteiger partial charge in [-0.15, -0.1) is 0 Å². The van der Waals surface area contributed by atoms with E-state index in [1.165, 1.54) is 6.07 Å². The average Bonchev–Trinajstić information content (AvgIpc) is 3.20. The van der Waals surface area contributed by atoms with Crippen LogP contribution in [0.4, 0.5) is 13.2 Å². The van der Waals surface area contributed by atoms with Gasteiger partial charge in [-0.2, -0.15) is 13.2 Å². The van der Waals surface area contributed by atoms with E-state index in [1.54, 1.807) is 33.9 Å². The maximum Gasteiger partial charge on any atom is 0.416 e. The molecule has 1 aromatic rings. The summed E-state index contributed by atoms with van der Waals surface area (Å²) >= 11 is 0. The monoisotopic (exact) mass is 399 g/mol. The highest BCUT2D eigenvalue weighted by molar-refractivity contribution is 5.80. The third kappa shape index (κ3) is 5.10. The first-order chi connectivity index (χ1) is 13.0. The number of alkyl halides is 3. The number of hydrogen-bond acceptors (Lipinski definition) is 3. The molecule has 0 spiro atoms. The molecule has 8 heteroatoms. The molecule has 0 saturated carbocycles. The summed E-state index contributed by atoms with van der Waals surface area (Å²) in [6.45, 7) is 5.40. The number of hydrogen-bond donors (Lipinski definition) is 2. The normalized spacial score (nSPS) is 25.1. The van der Waals surface area contributed by atoms with Gasteiger partial charge in [0, 0.05) is 13.6 Å². The molecule has 0 aromatic heterocycles. The van der Waals surface area contributed by atoms with E-state index in [9.17, 15) is 13.2 Å². The van der Waals surface area contributed by atoms with Crippen molar-refractivity contribution in [2.24, 2.45) is 4.99 Å². The van der Waals surface area contributed by atoms with Gasteiger partial charge in [0.25, 0.3) is 0 Å². The highest BCUT2D eigenvalue weighted by Crippen LogP contribution is 2.36. The fourth-order valence-electron chi connectivity index (χ4n) is 3.73. The second-order valence-electron chi connectivity index (χ2n) is 8.32. The maximum absolute atomic E-state index is 13.6. The molecule has 5 nitrogen and oxygen atoms in total. The van der Waals surface area contributed by atoms with Gasteiger partial charge in [-0.05, 0) is 57.7 Å². The minimum atomic E-state index is -4.47. The minimum absolute atomic E-state index is 0.00594. The molecule has 156 valence electrons. The van der Waals surface area contributed by atoms with Gasteiger partial charge in [0.05, 0.1) is 23.8 Å². The van der Waals surface area contributed by atoms with Crippen LogP contribution in [0.5, 0.6) is 5.75 Å². The number of fused-ring (bicyclic) bond motifs is 2. The second kappa shape index (κ2) is 7.81. The molecule has 3 unspecified atom stereocenters. The molecule has 0 radical (unpaired) electrons. The predicted octanol–water partition coefficient (Wildman–Crippen LogP) is 3.87. The number of aliphatic imine (C=N–C) groups is 1. The Morgan fingerprint density at radius 3 is 2.54 bits per heavy atom. The van der Waals surface area contributed by atoms with Gasteiger partial charge in [-0.1, -0.05) is 6.07 Å². The van der Waals surface area contributed by atoms with Gasteiger partial charge in [-0.3, -0.25) is 4.99 Å². The molecular formula is C20H28F3N3O2. The SMILES string of the molecule is CN=C(NCc1ccc(OC(C)(C)C)cc1C(F)(F)F)NC1CC2CCC1O2. The third-order valence-electron chi connectivity index (χ3n) is 4.91. The van der Waals surface area contributed by atoms with Crippen LogP contribution in [0, 0.1) is 0 Å². The summed E-state index contributed by atoms with van der Waals surface area (Å²) in [6, 6.07) is 4.22. The molecule has 3 atom stereocenters. The van der Waals surface area contributed by atoms with Crippen LogP contribution in [0.3, 0.4) is 0 Å². The van der Waals surface area contributed by atoms with Crippen LogP contribution in [0.25, 0.3) is 0 Å². The molecule has 2 heterocycles. The fourth-order valence-corrected chi connectivity index (χ4v) is 3.73. The largest absolute Gasteiger partial charge is 0.488 e. The van der Waals surface area contributed by atoms with Gasteiger partial charge >= 0.3 is 6.18 Å². The maximum atomic E-state index is 13.6. The van der Waals surface area contributed by atoms with Gasteiger partial charge in [0.1, 0.15) is 11.4 Å². The summed E-state index contributed by atoms with van der Waals surface area (Å²) < 4.78 is 52.0. The molecule has 2 fully saturated rings. The van der Waals surface area contributed by atoms with Crippen LogP contribution < -0.4 is 15.4 Å². The van der Waals surface area contributed by atoms with Crippen molar-refractivity contribution in [2.45, 2.75) is 76.6 Å². The summed E-state index contributed by atoms with van der Waals surface area (Å²) in [7, 11) is 1.61. The van der Waals surface area contributed by atoms with Crippen LogP contribution in [-0.2, 0) is 17.5 Å². The number of ether oxygens (including phenoxy) is 2. The lowest BCUT2D eigenvalue weighted by Crippen LogP contribution is -2.47. The minimum Gasteiger partial charge on any atom is -0.488 e. The Morgan fingerprint density at radius 2 is 2.00 bits per heavy atom. The van der Waals surface area contributed by atoms with Crippen molar-refractivity contribution in [3.63, 3.8) is 0 Å². The Bertz CT molecular complexity index is 728. The van der Waals surface area contributed by atoms with E-state index in [0.29, 0.717) is 5.96 Å². The first-order valence-electron chi connectivity index (χ1n) is 9.57. The van der Waals surface area contributed by atoms with Crippen molar-refractivity contribution in [2.75, 3.05) is 7.05 Å². The summed E-state index contributed by atoms with van der Waals surface area (Å²) in [5, 5.41) is 6.27. The predicted molar refractivity (Wildman–Crippen MR) is 101 cm³/mol. The Labute approximate surface area is 163 Å². The van der Waals surface area contributed by atoms with Crippen LogP contribution in [0.15, 0.2) is 23.2 Å². The lowest BCUT2D eigenvalue weighted by Gasteiger charge is -2.24. The van der Waals surface area contributed by atoms with E-state index in [1.807, 2.05) is 0 Å². The van der Waals surface area contributed by atoms with Crippen molar-refractivity contribution in [3.05, 3.63) is 29.3 Å². The highest BCUT2D eigenvalue weighted by Gasteiger charge is 2.41. The van der Waals surface area contributed by atoms with E-state index in [0.717, 1.165) is 25.3 Å². The van der Waals surface area contributed by atoms with E-state index in [4.69, 9.17) is 9.47 Å².